The molecule has 2 unspecified atom stereocenters. The lowest BCUT2D eigenvalue weighted by Crippen LogP contribution is -2.41. The second kappa shape index (κ2) is 6.64. The van der Waals surface area contributed by atoms with Gasteiger partial charge in [0.05, 0.1) is 11.2 Å². The average molecular weight is 267 g/mol. The highest BCUT2D eigenvalue weighted by Gasteiger charge is 2.22. The minimum atomic E-state index is 0.644. The molecule has 2 rings (SSSR count). The molecule has 0 saturated carbocycles. The zero-order chi connectivity index (χ0) is 13.0. The Balaban J connectivity index is 1.97. The van der Waals surface area contributed by atoms with E-state index in [1.54, 1.807) is 11.3 Å². The third kappa shape index (κ3) is 3.53. The Labute approximate surface area is 115 Å². The van der Waals surface area contributed by atoms with E-state index in [1.807, 2.05) is 5.51 Å². The van der Waals surface area contributed by atoms with E-state index in [0.29, 0.717) is 6.04 Å². The molecule has 0 aliphatic carbocycles. The fourth-order valence-electron chi connectivity index (χ4n) is 2.51. The average Bonchev–Trinajstić information content (AvgIpc) is 2.65. The SMILES string of the molecule is CCC(C)C1CN(Cc2scnc2C)CCCN1. The molecule has 0 amide bonds. The fourth-order valence-corrected chi connectivity index (χ4v) is 3.33. The highest BCUT2D eigenvalue weighted by Crippen LogP contribution is 2.18. The minimum absolute atomic E-state index is 0.644. The molecule has 1 N–H and O–H groups in total. The molecule has 102 valence electrons. The summed E-state index contributed by atoms with van der Waals surface area (Å²) in [5, 5.41) is 3.70. The van der Waals surface area contributed by atoms with Crippen LogP contribution in [0.3, 0.4) is 0 Å². The van der Waals surface area contributed by atoms with Crippen LogP contribution in [0.5, 0.6) is 0 Å². The summed E-state index contributed by atoms with van der Waals surface area (Å²) in [5.41, 5.74) is 3.17. The number of rotatable bonds is 4. The van der Waals surface area contributed by atoms with Gasteiger partial charge in [-0.15, -0.1) is 11.3 Å². The van der Waals surface area contributed by atoms with Crippen molar-refractivity contribution in [3.05, 3.63) is 16.1 Å². The molecule has 4 heteroatoms. The largest absolute Gasteiger partial charge is 0.312 e. The maximum Gasteiger partial charge on any atom is 0.0798 e. The zero-order valence-electron chi connectivity index (χ0n) is 11.8. The lowest BCUT2D eigenvalue weighted by atomic mass is 9.99. The Morgan fingerprint density at radius 3 is 3.11 bits per heavy atom. The normalized spacial score (nSPS) is 23.8. The highest BCUT2D eigenvalue weighted by molar-refractivity contribution is 7.09. The molecule has 1 fully saturated rings. The second-order valence-electron chi connectivity index (χ2n) is 5.40. The molecule has 1 aromatic rings. The molecule has 1 aliphatic rings. The Bertz CT molecular complexity index is 364. The minimum Gasteiger partial charge on any atom is -0.312 e. The Hall–Kier alpha value is -0.450. The summed E-state index contributed by atoms with van der Waals surface area (Å²) < 4.78 is 0. The van der Waals surface area contributed by atoms with E-state index in [2.05, 4.69) is 36.0 Å². The van der Waals surface area contributed by atoms with E-state index < -0.39 is 0 Å². The molecule has 1 saturated heterocycles. The van der Waals surface area contributed by atoms with Crippen molar-refractivity contribution >= 4 is 11.3 Å². The summed E-state index contributed by atoms with van der Waals surface area (Å²) >= 11 is 1.79. The Morgan fingerprint density at radius 1 is 1.61 bits per heavy atom. The van der Waals surface area contributed by atoms with Crippen molar-refractivity contribution in [2.24, 2.45) is 5.92 Å². The van der Waals surface area contributed by atoms with Crippen molar-refractivity contribution in [1.82, 2.24) is 15.2 Å². The van der Waals surface area contributed by atoms with Crippen LogP contribution in [0, 0.1) is 12.8 Å². The first-order valence-electron chi connectivity index (χ1n) is 7.05. The van der Waals surface area contributed by atoms with Crippen LogP contribution in [-0.2, 0) is 6.54 Å². The third-order valence-electron chi connectivity index (χ3n) is 4.06. The molecular weight excluding hydrogens is 242 g/mol. The first kappa shape index (κ1) is 14.0. The molecule has 0 aromatic carbocycles. The summed E-state index contributed by atoms with van der Waals surface area (Å²) in [5.74, 6) is 0.758. The number of aromatic nitrogens is 1. The van der Waals surface area contributed by atoms with Crippen molar-refractivity contribution in [3.8, 4) is 0 Å². The molecule has 1 aromatic heterocycles. The van der Waals surface area contributed by atoms with E-state index in [0.717, 1.165) is 19.0 Å². The van der Waals surface area contributed by atoms with Gasteiger partial charge in [0.2, 0.25) is 0 Å². The van der Waals surface area contributed by atoms with Crippen LogP contribution in [-0.4, -0.2) is 35.6 Å². The summed E-state index contributed by atoms with van der Waals surface area (Å²) in [6, 6.07) is 0.644. The van der Waals surface area contributed by atoms with E-state index >= 15 is 0 Å². The number of hydrogen-bond acceptors (Lipinski definition) is 4. The number of aryl methyl sites for hydroxylation is 1. The van der Waals surface area contributed by atoms with Crippen molar-refractivity contribution in [2.75, 3.05) is 19.6 Å². The number of nitrogens with one attached hydrogen (secondary N) is 1. The molecule has 0 bridgehead atoms. The van der Waals surface area contributed by atoms with Gasteiger partial charge in [-0.25, -0.2) is 4.98 Å². The maximum atomic E-state index is 4.35. The van der Waals surface area contributed by atoms with Gasteiger partial charge in [-0.2, -0.15) is 0 Å². The van der Waals surface area contributed by atoms with Gasteiger partial charge in [-0.05, 0) is 32.4 Å². The van der Waals surface area contributed by atoms with E-state index in [9.17, 15) is 0 Å². The van der Waals surface area contributed by atoms with Gasteiger partial charge >= 0.3 is 0 Å². The zero-order valence-corrected chi connectivity index (χ0v) is 12.6. The molecule has 18 heavy (non-hydrogen) atoms. The Kier molecular flexibility index (Phi) is 5.15. The lowest BCUT2D eigenvalue weighted by molar-refractivity contribution is 0.232. The highest BCUT2D eigenvalue weighted by atomic mass is 32.1. The number of thiazole rings is 1. The summed E-state index contributed by atoms with van der Waals surface area (Å²) in [6.45, 7) is 11.4. The first-order chi connectivity index (χ1) is 8.70. The molecule has 2 atom stereocenters. The van der Waals surface area contributed by atoms with Gasteiger partial charge in [-0.1, -0.05) is 20.3 Å². The molecule has 3 nitrogen and oxygen atoms in total. The van der Waals surface area contributed by atoms with Crippen LogP contribution in [0.1, 0.15) is 37.3 Å². The first-order valence-corrected chi connectivity index (χ1v) is 7.93. The molecular formula is C14H25N3S. The van der Waals surface area contributed by atoms with Crippen LogP contribution in [0.2, 0.25) is 0 Å². The quantitative estimate of drug-likeness (QED) is 0.909. The second-order valence-corrected chi connectivity index (χ2v) is 6.34. The fraction of sp³-hybridized carbons (Fsp3) is 0.786. The van der Waals surface area contributed by atoms with Crippen LogP contribution >= 0.6 is 11.3 Å². The molecule has 1 aliphatic heterocycles. The van der Waals surface area contributed by atoms with Crippen molar-refractivity contribution in [2.45, 2.75) is 46.2 Å². The summed E-state index contributed by atoms with van der Waals surface area (Å²) in [4.78, 5) is 8.38. The molecule has 2 heterocycles. The van der Waals surface area contributed by atoms with Crippen molar-refractivity contribution in [1.29, 1.82) is 0 Å². The van der Waals surface area contributed by atoms with Crippen LogP contribution in [0.4, 0.5) is 0 Å². The van der Waals surface area contributed by atoms with E-state index in [1.165, 1.54) is 36.5 Å². The van der Waals surface area contributed by atoms with Gasteiger partial charge in [0.1, 0.15) is 0 Å². The van der Waals surface area contributed by atoms with Gasteiger partial charge < -0.3 is 5.32 Å². The number of nitrogens with zero attached hydrogens (tertiary/aromatic N) is 2. The lowest BCUT2D eigenvalue weighted by Gasteiger charge is -2.27. The van der Waals surface area contributed by atoms with Gasteiger partial charge in [0, 0.05) is 24.0 Å². The van der Waals surface area contributed by atoms with Gasteiger partial charge in [0.25, 0.3) is 0 Å². The predicted octanol–water partition coefficient (Wildman–Crippen LogP) is 2.66. The monoisotopic (exact) mass is 267 g/mol. The Morgan fingerprint density at radius 2 is 2.44 bits per heavy atom. The van der Waals surface area contributed by atoms with E-state index in [4.69, 9.17) is 0 Å². The summed E-state index contributed by atoms with van der Waals surface area (Å²) in [7, 11) is 0. The molecule has 0 spiro atoms. The summed E-state index contributed by atoms with van der Waals surface area (Å²) in [6.07, 6.45) is 2.51. The van der Waals surface area contributed by atoms with Crippen molar-refractivity contribution < 1.29 is 0 Å². The maximum absolute atomic E-state index is 4.35. The van der Waals surface area contributed by atoms with Crippen LogP contribution in [0.15, 0.2) is 5.51 Å². The standard InChI is InChI=1S/C14H25N3S/c1-4-11(2)13-8-17(7-5-6-15-13)9-14-12(3)16-10-18-14/h10-11,13,15H,4-9H2,1-3H3. The third-order valence-corrected chi connectivity index (χ3v) is 4.98. The predicted molar refractivity (Wildman–Crippen MR) is 78.0 cm³/mol. The van der Waals surface area contributed by atoms with E-state index in [-0.39, 0.29) is 0 Å². The van der Waals surface area contributed by atoms with Crippen molar-refractivity contribution in [3.63, 3.8) is 0 Å². The topological polar surface area (TPSA) is 28.2 Å². The molecule has 0 radical (unpaired) electrons. The smallest absolute Gasteiger partial charge is 0.0798 e. The van der Waals surface area contributed by atoms with Crippen LogP contribution < -0.4 is 5.32 Å². The van der Waals surface area contributed by atoms with Crippen LogP contribution in [0.25, 0.3) is 0 Å². The van der Waals surface area contributed by atoms with Gasteiger partial charge in [-0.3, -0.25) is 4.90 Å². The van der Waals surface area contributed by atoms with Gasteiger partial charge in [0.15, 0.2) is 0 Å². The number of hydrogen-bond donors (Lipinski definition) is 1.